The van der Waals surface area contributed by atoms with Gasteiger partial charge >= 0.3 is 0 Å². The van der Waals surface area contributed by atoms with Crippen molar-refractivity contribution in [2.45, 2.75) is 39.5 Å². The van der Waals surface area contributed by atoms with Crippen LogP contribution in [0.1, 0.15) is 38.7 Å². The predicted molar refractivity (Wildman–Crippen MR) is 69.4 cm³/mol. The maximum absolute atomic E-state index is 3.66. The fourth-order valence-electron chi connectivity index (χ4n) is 1.70. The average molecular weight is 275 g/mol. The summed E-state index contributed by atoms with van der Waals surface area (Å²) in [6.07, 6.45) is 5.09. The third-order valence-corrected chi connectivity index (χ3v) is 5.23. The summed E-state index contributed by atoms with van der Waals surface area (Å²) < 4.78 is 0. The Morgan fingerprint density at radius 3 is 2.50 bits per heavy atom. The third-order valence-electron chi connectivity index (χ3n) is 3.31. The van der Waals surface area contributed by atoms with Crippen LogP contribution in [0, 0.1) is 5.41 Å². The van der Waals surface area contributed by atoms with Crippen molar-refractivity contribution in [3.63, 3.8) is 0 Å². The van der Waals surface area contributed by atoms with Gasteiger partial charge in [-0.1, -0.05) is 29.8 Å². The highest BCUT2D eigenvalue weighted by Gasteiger charge is 2.24. The Morgan fingerprint density at radius 1 is 1.36 bits per heavy atom. The van der Waals surface area contributed by atoms with Crippen molar-refractivity contribution in [2.75, 3.05) is 5.33 Å². The molecular formula is C12H19BrS. The molecule has 1 rings (SSSR count). The zero-order valence-corrected chi connectivity index (χ0v) is 11.5. The van der Waals surface area contributed by atoms with E-state index in [9.17, 15) is 0 Å². The Kier molecular flexibility index (Phi) is 5.18. The molecule has 0 nitrogen and oxygen atoms in total. The van der Waals surface area contributed by atoms with Gasteiger partial charge in [-0.2, -0.15) is 11.3 Å². The van der Waals surface area contributed by atoms with Gasteiger partial charge in [0.05, 0.1) is 0 Å². The summed E-state index contributed by atoms with van der Waals surface area (Å²) in [6, 6.07) is 2.25. The van der Waals surface area contributed by atoms with Crippen LogP contribution in [0.5, 0.6) is 0 Å². The van der Waals surface area contributed by atoms with Crippen molar-refractivity contribution in [3.05, 3.63) is 22.4 Å². The molecule has 0 amide bonds. The third kappa shape index (κ3) is 3.09. The smallest absolute Gasteiger partial charge is 0.00878 e. The molecule has 80 valence electrons. The molecule has 0 bridgehead atoms. The summed E-state index contributed by atoms with van der Waals surface area (Å²) in [4.78, 5) is 0. The highest BCUT2D eigenvalue weighted by molar-refractivity contribution is 9.09. The molecule has 2 heteroatoms. The van der Waals surface area contributed by atoms with Crippen molar-refractivity contribution < 1.29 is 0 Å². The Labute approximate surface area is 99.9 Å². The van der Waals surface area contributed by atoms with Crippen LogP contribution in [-0.2, 0) is 6.42 Å². The van der Waals surface area contributed by atoms with E-state index in [0.29, 0.717) is 5.41 Å². The normalized spacial score (nSPS) is 11.9. The molecule has 0 aliphatic rings. The van der Waals surface area contributed by atoms with E-state index in [1.54, 1.807) is 11.3 Å². The lowest BCUT2D eigenvalue weighted by atomic mass is 9.79. The molecule has 1 aromatic rings. The number of halogens is 1. The molecule has 0 aromatic carbocycles. The molecular weight excluding hydrogens is 256 g/mol. The summed E-state index contributed by atoms with van der Waals surface area (Å²) in [5.74, 6) is 0. The number of rotatable bonds is 6. The number of thiophene rings is 1. The first-order chi connectivity index (χ1) is 6.76. The van der Waals surface area contributed by atoms with Crippen molar-refractivity contribution in [3.8, 4) is 0 Å². The standard InChI is InChI=1S/C12H19BrS/c1-3-12(4-2,10-13)7-5-11-6-8-14-9-11/h6,8-9H,3-5,7,10H2,1-2H3. The van der Waals surface area contributed by atoms with Gasteiger partial charge in [-0.15, -0.1) is 0 Å². The molecule has 0 saturated carbocycles. The van der Waals surface area contributed by atoms with E-state index < -0.39 is 0 Å². The van der Waals surface area contributed by atoms with Crippen molar-refractivity contribution in [1.29, 1.82) is 0 Å². The number of aryl methyl sites for hydroxylation is 1. The number of alkyl halides is 1. The highest BCUT2D eigenvalue weighted by atomic mass is 79.9. The quantitative estimate of drug-likeness (QED) is 0.649. The minimum atomic E-state index is 0.516. The summed E-state index contributed by atoms with van der Waals surface area (Å²) in [5.41, 5.74) is 2.02. The lowest BCUT2D eigenvalue weighted by Crippen LogP contribution is -2.21. The van der Waals surface area contributed by atoms with E-state index in [1.165, 1.54) is 31.2 Å². The molecule has 1 aromatic heterocycles. The molecule has 0 atom stereocenters. The van der Waals surface area contributed by atoms with E-state index in [-0.39, 0.29) is 0 Å². The van der Waals surface area contributed by atoms with Crippen LogP contribution in [-0.4, -0.2) is 5.33 Å². The second-order valence-electron chi connectivity index (χ2n) is 3.97. The Balaban J connectivity index is 2.48. The van der Waals surface area contributed by atoms with Crippen molar-refractivity contribution in [2.24, 2.45) is 5.41 Å². The second-order valence-corrected chi connectivity index (χ2v) is 5.31. The molecule has 0 unspecified atom stereocenters. The minimum absolute atomic E-state index is 0.516. The summed E-state index contributed by atoms with van der Waals surface area (Å²) >= 11 is 5.46. The van der Waals surface area contributed by atoms with Crippen LogP contribution in [0.3, 0.4) is 0 Å². The predicted octanol–water partition coefficient (Wildman–Crippen LogP) is 4.88. The molecule has 0 saturated heterocycles. The van der Waals surface area contributed by atoms with Crippen LogP contribution >= 0.6 is 27.3 Å². The number of hydrogen-bond donors (Lipinski definition) is 0. The van der Waals surface area contributed by atoms with Crippen molar-refractivity contribution >= 4 is 27.3 Å². The van der Waals surface area contributed by atoms with Crippen LogP contribution in [0.15, 0.2) is 16.8 Å². The Morgan fingerprint density at radius 2 is 2.07 bits per heavy atom. The van der Waals surface area contributed by atoms with Crippen LogP contribution in [0.4, 0.5) is 0 Å². The van der Waals surface area contributed by atoms with Crippen LogP contribution in [0.25, 0.3) is 0 Å². The highest BCUT2D eigenvalue weighted by Crippen LogP contribution is 2.34. The Bertz CT molecular complexity index is 229. The molecule has 0 fully saturated rings. The lowest BCUT2D eigenvalue weighted by Gasteiger charge is -2.29. The van der Waals surface area contributed by atoms with Gasteiger partial charge < -0.3 is 0 Å². The van der Waals surface area contributed by atoms with Crippen LogP contribution < -0.4 is 0 Å². The van der Waals surface area contributed by atoms with Gasteiger partial charge in [0.1, 0.15) is 0 Å². The van der Waals surface area contributed by atoms with Gasteiger partial charge in [0.25, 0.3) is 0 Å². The van der Waals surface area contributed by atoms with E-state index >= 15 is 0 Å². The maximum Gasteiger partial charge on any atom is 0.00878 e. The average Bonchev–Trinajstić information content (AvgIpc) is 2.74. The van der Waals surface area contributed by atoms with E-state index in [1.807, 2.05) is 0 Å². The van der Waals surface area contributed by atoms with Crippen LogP contribution in [0.2, 0.25) is 0 Å². The van der Waals surface area contributed by atoms with Gasteiger partial charge in [0.15, 0.2) is 0 Å². The van der Waals surface area contributed by atoms with E-state index in [2.05, 4.69) is 46.6 Å². The monoisotopic (exact) mass is 274 g/mol. The van der Waals surface area contributed by atoms with Gasteiger partial charge in [0, 0.05) is 5.33 Å². The molecule has 0 N–H and O–H groups in total. The summed E-state index contributed by atoms with van der Waals surface area (Å²) in [5, 5.41) is 5.57. The maximum atomic E-state index is 3.66. The fourth-order valence-corrected chi connectivity index (χ4v) is 3.48. The first kappa shape index (κ1) is 12.3. The molecule has 1 heterocycles. The minimum Gasteiger partial charge on any atom is -0.152 e. The van der Waals surface area contributed by atoms with Gasteiger partial charge in [-0.25, -0.2) is 0 Å². The molecule has 0 radical (unpaired) electrons. The SMILES string of the molecule is CCC(CC)(CBr)CCc1ccsc1. The topological polar surface area (TPSA) is 0 Å². The first-order valence-corrected chi connectivity index (χ1v) is 7.40. The Hall–Kier alpha value is 0.180. The second kappa shape index (κ2) is 5.92. The van der Waals surface area contributed by atoms with E-state index in [0.717, 1.165) is 5.33 Å². The lowest BCUT2D eigenvalue weighted by molar-refractivity contribution is 0.284. The molecule has 0 aliphatic carbocycles. The zero-order chi connectivity index (χ0) is 10.4. The van der Waals surface area contributed by atoms with Gasteiger partial charge in [-0.3, -0.25) is 0 Å². The fraction of sp³-hybridized carbons (Fsp3) is 0.667. The van der Waals surface area contributed by atoms with E-state index in [4.69, 9.17) is 0 Å². The summed E-state index contributed by atoms with van der Waals surface area (Å²) in [7, 11) is 0. The molecule has 0 spiro atoms. The zero-order valence-electron chi connectivity index (χ0n) is 9.05. The molecule has 0 aliphatic heterocycles. The van der Waals surface area contributed by atoms with Crippen molar-refractivity contribution in [1.82, 2.24) is 0 Å². The summed E-state index contributed by atoms with van der Waals surface area (Å²) in [6.45, 7) is 4.61. The molecule has 14 heavy (non-hydrogen) atoms. The largest absolute Gasteiger partial charge is 0.152 e. The number of hydrogen-bond acceptors (Lipinski definition) is 1. The first-order valence-electron chi connectivity index (χ1n) is 5.33. The van der Waals surface area contributed by atoms with Gasteiger partial charge in [0.2, 0.25) is 0 Å². The van der Waals surface area contributed by atoms with Gasteiger partial charge in [-0.05, 0) is 53.5 Å².